The molecule has 0 aliphatic rings. The van der Waals surface area contributed by atoms with Crippen LogP contribution in [-0.4, -0.2) is 24.6 Å². The second-order valence-electron chi connectivity index (χ2n) is 2.05. The maximum Gasteiger partial charge on any atom is 0.104 e. The number of rotatable bonds is 5. The molecule has 0 aliphatic carbocycles. The van der Waals surface area contributed by atoms with E-state index in [1.165, 1.54) is 6.42 Å². The van der Waals surface area contributed by atoms with E-state index in [1.54, 1.807) is 0 Å². The number of thioether (sulfide) groups is 1. The molecule has 58 valence electrons. The molecule has 0 amide bonds. The molecule has 0 heterocycles. The molecule has 0 bridgehead atoms. The van der Waals surface area contributed by atoms with Crippen molar-refractivity contribution in [2.24, 2.45) is 0 Å². The molecular weight excluding hydrogens is 144 g/mol. The van der Waals surface area contributed by atoms with Crippen LogP contribution in [0.1, 0.15) is 13.3 Å². The summed E-state index contributed by atoms with van der Waals surface area (Å²) >= 11 is 1.83. The zero-order chi connectivity index (χ0) is 7.82. The third kappa shape index (κ3) is 4.66. The molecule has 0 aromatic rings. The SMILES string of the molecule is CCCSCC(C#N)NC. The minimum atomic E-state index is 0.0246. The van der Waals surface area contributed by atoms with Crippen molar-refractivity contribution in [2.75, 3.05) is 18.6 Å². The maximum atomic E-state index is 8.50. The first-order chi connectivity index (χ1) is 4.85. The highest BCUT2D eigenvalue weighted by molar-refractivity contribution is 7.99. The van der Waals surface area contributed by atoms with Crippen LogP contribution in [-0.2, 0) is 0 Å². The van der Waals surface area contributed by atoms with E-state index in [0.717, 1.165) is 11.5 Å². The molecule has 0 spiro atoms. The summed E-state index contributed by atoms with van der Waals surface area (Å²) in [6.45, 7) is 2.15. The Labute approximate surface area is 67.0 Å². The third-order valence-electron chi connectivity index (χ3n) is 1.14. The monoisotopic (exact) mass is 158 g/mol. The molecule has 0 aromatic heterocycles. The van der Waals surface area contributed by atoms with Crippen LogP contribution in [0.5, 0.6) is 0 Å². The Morgan fingerprint density at radius 2 is 2.40 bits per heavy atom. The summed E-state index contributed by atoms with van der Waals surface area (Å²) in [6.07, 6.45) is 1.19. The zero-order valence-corrected chi connectivity index (χ0v) is 7.37. The van der Waals surface area contributed by atoms with Crippen LogP contribution in [0.3, 0.4) is 0 Å². The molecule has 0 rings (SSSR count). The van der Waals surface area contributed by atoms with E-state index in [2.05, 4.69) is 18.3 Å². The molecule has 0 saturated heterocycles. The van der Waals surface area contributed by atoms with Crippen LogP contribution in [0.2, 0.25) is 0 Å². The van der Waals surface area contributed by atoms with Crippen molar-refractivity contribution in [3.8, 4) is 6.07 Å². The number of nitriles is 1. The summed E-state index contributed by atoms with van der Waals surface area (Å²) in [7, 11) is 1.82. The molecule has 0 fully saturated rings. The minimum Gasteiger partial charge on any atom is -0.304 e. The largest absolute Gasteiger partial charge is 0.304 e. The van der Waals surface area contributed by atoms with E-state index >= 15 is 0 Å². The molecule has 0 saturated carbocycles. The Bertz CT molecular complexity index is 109. The van der Waals surface area contributed by atoms with Crippen LogP contribution >= 0.6 is 11.8 Å². The summed E-state index contributed by atoms with van der Waals surface area (Å²) < 4.78 is 0. The summed E-state index contributed by atoms with van der Waals surface area (Å²) in [5, 5.41) is 11.4. The second-order valence-corrected chi connectivity index (χ2v) is 3.20. The van der Waals surface area contributed by atoms with Gasteiger partial charge in [-0.3, -0.25) is 0 Å². The highest BCUT2D eigenvalue weighted by Gasteiger charge is 2.01. The standard InChI is InChI=1S/C7H14N2S/c1-3-4-10-6-7(5-8)9-2/h7,9H,3-4,6H2,1-2H3. The quantitative estimate of drug-likeness (QED) is 0.611. The van der Waals surface area contributed by atoms with E-state index in [0.29, 0.717) is 0 Å². The maximum absolute atomic E-state index is 8.50. The normalized spacial score (nSPS) is 12.5. The van der Waals surface area contributed by atoms with Crippen molar-refractivity contribution in [1.82, 2.24) is 5.32 Å². The van der Waals surface area contributed by atoms with Gasteiger partial charge in [0.1, 0.15) is 6.04 Å². The molecule has 1 atom stereocenters. The average molecular weight is 158 g/mol. The van der Waals surface area contributed by atoms with Crippen LogP contribution in [0.25, 0.3) is 0 Å². The number of nitrogens with zero attached hydrogens (tertiary/aromatic N) is 1. The first-order valence-electron chi connectivity index (χ1n) is 3.49. The van der Waals surface area contributed by atoms with E-state index in [9.17, 15) is 0 Å². The molecule has 10 heavy (non-hydrogen) atoms. The van der Waals surface area contributed by atoms with Gasteiger partial charge in [0.15, 0.2) is 0 Å². The molecule has 1 unspecified atom stereocenters. The van der Waals surface area contributed by atoms with Gasteiger partial charge in [-0.25, -0.2) is 0 Å². The van der Waals surface area contributed by atoms with Crippen LogP contribution < -0.4 is 5.32 Å². The fraction of sp³-hybridized carbons (Fsp3) is 0.857. The van der Waals surface area contributed by atoms with Crippen LogP contribution in [0.4, 0.5) is 0 Å². The molecule has 1 N–H and O–H groups in total. The lowest BCUT2D eigenvalue weighted by Crippen LogP contribution is -2.25. The van der Waals surface area contributed by atoms with Gasteiger partial charge < -0.3 is 5.32 Å². The first-order valence-corrected chi connectivity index (χ1v) is 4.65. The molecular formula is C7H14N2S. The van der Waals surface area contributed by atoms with Crippen molar-refractivity contribution in [3.05, 3.63) is 0 Å². The van der Waals surface area contributed by atoms with E-state index in [-0.39, 0.29) is 6.04 Å². The summed E-state index contributed by atoms with van der Waals surface area (Å²) in [4.78, 5) is 0. The number of hydrogen-bond donors (Lipinski definition) is 1. The fourth-order valence-electron chi connectivity index (χ4n) is 0.531. The zero-order valence-electron chi connectivity index (χ0n) is 6.55. The molecule has 0 radical (unpaired) electrons. The van der Waals surface area contributed by atoms with Gasteiger partial charge in [0.05, 0.1) is 6.07 Å². The smallest absolute Gasteiger partial charge is 0.104 e. The van der Waals surface area contributed by atoms with Crippen molar-refractivity contribution in [2.45, 2.75) is 19.4 Å². The van der Waals surface area contributed by atoms with Crippen LogP contribution in [0, 0.1) is 11.3 Å². The second kappa shape index (κ2) is 6.91. The summed E-state index contributed by atoms with van der Waals surface area (Å²) in [6, 6.07) is 2.20. The van der Waals surface area contributed by atoms with Crippen molar-refractivity contribution < 1.29 is 0 Å². The topological polar surface area (TPSA) is 35.8 Å². The van der Waals surface area contributed by atoms with Gasteiger partial charge in [-0.1, -0.05) is 6.92 Å². The Kier molecular flexibility index (Phi) is 6.78. The Hall–Kier alpha value is -0.200. The van der Waals surface area contributed by atoms with Gasteiger partial charge in [0, 0.05) is 5.75 Å². The Balaban J connectivity index is 3.20. The number of nitrogens with one attached hydrogen (secondary N) is 1. The predicted octanol–water partition coefficient (Wildman–Crippen LogP) is 1.24. The predicted molar refractivity (Wildman–Crippen MR) is 46.1 cm³/mol. The third-order valence-corrected chi connectivity index (χ3v) is 2.40. The Morgan fingerprint density at radius 1 is 1.70 bits per heavy atom. The van der Waals surface area contributed by atoms with Crippen molar-refractivity contribution in [1.29, 1.82) is 5.26 Å². The lowest BCUT2D eigenvalue weighted by Gasteiger charge is -2.04. The lowest BCUT2D eigenvalue weighted by molar-refractivity contribution is 0.750. The lowest BCUT2D eigenvalue weighted by atomic mass is 10.4. The Morgan fingerprint density at radius 3 is 2.80 bits per heavy atom. The first kappa shape index (κ1) is 9.80. The molecule has 0 aromatic carbocycles. The summed E-state index contributed by atoms with van der Waals surface area (Å²) in [5.41, 5.74) is 0. The fourth-order valence-corrected chi connectivity index (χ4v) is 1.46. The van der Waals surface area contributed by atoms with E-state index in [4.69, 9.17) is 5.26 Å². The van der Waals surface area contributed by atoms with Gasteiger partial charge in [-0.15, -0.1) is 0 Å². The average Bonchev–Trinajstić information content (AvgIpc) is 1.99. The van der Waals surface area contributed by atoms with Gasteiger partial charge in [0.2, 0.25) is 0 Å². The summed E-state index contributed by atoms with van der Waals surface area (Å²) in [5.74, 6) is 2.06. The van der Waals surface area contributed by atoms with Crippen LogP contribution in [0.15, 0.2) is 0 Å². The van der Waals surface area contributed by atoms with Gasteiger partial charge in [-0.2, -0.15) is 17.0 Å². The molecule has 3 heteroatoms. The minimum absolute atomic E-state index is 0.0246. The van der Waals surface area contributed by atoms with Gasteiger partial charge in [0.25, 0.3) is 0 Å². The highest BCUT2D eigenvalue weighted by atomic mass is 32.2. The van der Waals surface area contributed by atoms with Gasteiger partial charge >= 0.3 is 0 Å². The molecule has 0 aliphatic heterocycles. The number of hydrogen-bond acceptors (Lipinski definition) is 3. The molecule has 2 nitrogen and oxygen atoms in total. The van der Waals surface area contributed by atoms with E-state index in [1.807, 2.05) is 18.8 Å². The van der Waals surface area contributed by atoms with Crippen molar-refractivity contribution in [3.63, 3.8) is 0 Å². The van der Waals surface area contributed by atoms with Gasteiger partial charge in [-0.05, 0) is 19.2 Å². The van der Waals surface area contributed by atoms with Crippen molar-refractivity contribution >= 4 is 11.8 Å². The van der Waals surface area contributed by atoms with E-state index < -0.39 is 0 Å². The highest BCUT2D eigenvalue weighted by Crippen LogP contribution is 2.03.